The van der Waals surface area contributed by atoms with Crippen molar-refractivity contribution in [2.45, 2.75) is 38.0 Å². The van der Waals surface area contributed by atoms with Crippen LogP contribution in [0.5, 0.6) is 0 Å². The van der Waals surface area contributed by atoms with Crippen LogP contribution in [0.3, 0.4) is 0 Å². The summed E-state index contributed by atoms with van der Waals surface area (Å²) in [5, 5.41) is 6.98. The number of alkyl halides is 3. The molecule has 0 saturated carbocycles. The monoisotopic (exact) mass is 394 g/mol. The predicted molar refractivity (Wildman–Crippen MR) is 93.9 cm³/mol. The molecule has 5 nitrogen and oxygen atoms in total. The molecule has 1 unspecified atom stereocenters. The molecule has 1 fully saturated rings. The van der Waals surface area contributed by atoms with Crippen molar-refractivity contribution in [3.8, 4) is 11.4 Å². The van der Waals surface area contributed by atoms with Gasteiger partial charge in [-0.1, -0.05) is 23.7 Å². The van der Waals surface area contributed by atoms with E-state index in [1.807, 2.05) is 11.6 Å². The lowest BCUT2D eigenvalue weighted by Crippen LogP contribution is -2.32. The molecule has 0 spiro atoms. The van der Waals surface area contributed by atoms with Gasteiger partial charge in [0, 0.05) is 17.1 Å². The van der Waals surface area contributed by atoms with Crippen LogP contribution < -0.4 is 0 Å². The second-order valence-corrected chi connectivity index (χ2v) is 7.37. The molecule has 1 atom stereocenters. The molecule has 0 aliphatic carbocycles. The van der Waals surface area contributed by atoms with E-state index in [0.717, 1.165) is 42.9 Å². The van der Waals surface area contributed by atoms with Crippen LogP contribution in [-0.4, -0.2) is 26.6 Å². The van der Waals surface area contributed by atoms with Gasteiger partial charge in [0.25, 0.3) is 0 Å². The summed E-state index contributed by atoms with van der Waals surface area (Å²) in [6, 6.07) is 5.00. The standard InChI is InChI=1S/C18H17F3N4OS/c19-18(20,21)13-6-4-12(5-7-13)16-23-15(26-24-16)11-25-9-2-1-3-14(25)17-22-8-10-27-17/h4-8,10,14H,1-3,9,11H2. The van der Waals surface area contributed by atoms with Gasteiger partial charge in [-0.3, -0.25) is 4.90 Å². The number of hydrogen-bond acceptors (Lipinski definition) is 6. The summed E-state index contributed by atoms with van der Waals surface area (Å²) in [6.45, 7) is 1.42. The maximum Gasteiger partial charge on any atom is 0.416 e. The minimum Gasteiger partial charge on any atom is -0.338 e. The van der Waals surface area contributed by atoms with Crippen LogP contribution in [-0.2, 0) is 12.7 Å². The van der Waals surface area contributed by atoms with Gasteiger partial charge >= 0.3 is 6.18 Å². The Labute approximate surface area is 157 Å². The zero-order valence-corrected chi connectivity index (χ0v) is 15.1. The fraction of sp³-hybridized carbons (Fsp3) is 0.389. The molecule has 0 radical (unpaired) electrons. The van der Waals surface area contributed by atoms with Gasteiger partial charge in [-0.05, 0) is 31.5 Å². The highest BCUT2D eigenvalue weighted by molar-refractivity contribution is 7.09. The van der Waals surface area contributed by atoms with Crippen LogP contribution in [0.15, 0.2) is 40.4 Å². The Morgan fingerprint density at radius 2 is 2.00 bits per heavy atom. The molecule has 0 N–H and O–H groups in total. The Morgan fingerprint density at radius 1 is 1.19 bits per heavy atom. The van der Waals surface area contributed by atoms with Crippen molar-refractivity contribution in [2.24, 2.45) is 0 Å². The van der Waals surface area contributed by atoms with E-state index in [0.29, 0.717) is 23.8 Å². The lowest BCUT2D eigenvalue weighted by atomic mass is 10.0. The van der Waals surface area contributed by atoms with Gasteiger partial charge in [-0.2, -0.15) is 18.2 Å². The van der Waals surface area contributed by atoms with Crippen LogP contribution in [0, 0.1) is 0 Å². The van der Waals surface area contributed by atoms with Crippen LogP contribution in [0.4, 0.5) is 13.2 Å². The first kappa shape index (κ1) is 18.1. The highest BCUT2D eigenvalue weighted by Gasteiger charge is 2.30. The number of nitrogens with zero attached hydrogens (tertiary/aromatic N) is 4. The van der Waals surface area contributed by atoms with E-state index in [9.17, 15) is 13.2 Å². The van der Waals surface area contributed by atoms with Crippen molar-refractivity contribution < 1.29 is 17.7 Å². The molecule has 1 saturated heterocycles. The van der Waals surface area contributed by atoms with Gasteiger partial charge < -0.3 is 4.52 Å². The Morgan fingerprint density at radius 3 is 2.70 bits per heavy atom. The number of hydrogen-bond donors (Lipinski definition) is 0. The molecule has 1 aliphatic heterocycles. The summed E-state index contributed by atoms with van der Waals surface area (Å²) in [5.41, 5.74) is -0.206. The first-order chi connectivity index (χ1) is 13.0. The van der Waals surface area contributed by atoms with Crippen molar-refractivity contribution in [1.29, 1.82) is 0 Å². The zero-order chi connectivity index (χ0) is 18.9. The van der Waals surface area contributed by atoms with Crippen molar-refractivity contribution in [3.63, 3.8) is 0 Å². The van der Waals surface area contributed by atoms with Crippen LogP contribution in [0.25, 0.3) is 11.4 Å². The number of benzene rings is 1. The number of rotatable bonds is 4. The SMILES string of the molecule is FC(F)(F)c1ccc(-c2noc(CN3CCCCC3c3nccs3)n2)cc1. The van der Waals surface area contributed by atoms with Gasteiger partial charge in [0.05, 0.1) is 18.2 Å². The minimum absolute atomic E-state index is 0.236. The first-order valence-electron chi connectivity index (χ1n) is 8.64. The Hall–Kier alpha value is -2.26. The first-order valence-corrected chi connectivity index (χ1v) is 9.52. The number of halogens is 3. The number of aromatic nitrogens is 3. The molecular formula is C18H17F3N4OS. The Bertz CT molecular complexity index is 877. The quantitative estimate of drug-likeness (QED) is 0.627. The molecule has 2 aromatic heterocycles. The summed E-state index contributed by atoms with van der Waals surface area (Å²) < 4.78 is 43.4. The summed E-state index contributed by atoms with van der Waals surface area (Å²) in [4.78, 5) is 11.1. The Kier molecular flexibility index (Phi) is 4.96. The number of thiazole rings is 1. The largest absolute Gasteiger partial charge is 0.416 e. The third-order valence-corrected chi connectivity index (χ3v) is 5.50. The average Bonchev–Trinajstić information content (AvgIpc) is 3.34. The van der Waals surface area contributed by atoms with E-state index in [2.05, 4.69) is 20.0 Å². The van der Waals surface area contributed by atoms with Crippen molar-refractivity contribution in [3.05, 3.63) is 52.3 Å². The topological polar surface area (TPSA) is 55.1 Å². The number of piperidine rings is 1. The molecule has 0 amide bonds. The van der Waals surface area contributed by atoms with E-state index < -0.39 is 11.7 Å². The molecule has 9 heteroatoms. The molecule has 4 rings (SSSR count). The molecular weight excluding hydrogens is 377 g/mol. The molecule has 1 aliphatic rings. The maximum atomic E-state index is 12.7. The molecule has 27 heavy (non-hydrogen) atoms. The molecule has 3 aromatic rings. The van der Waals surface area contributed by atoms with E-state index in [1.54, 1.807) is 11.3 Å². The van der Waals surface area contributed by atoms with E-state index in [1.165, 1.54) is 12.1 Å². The van der Waals surface area contributed by atoms with Crippen LogP contribution in [0.2, 0.25) is 0 Å². The molecule has 0 bridgehead atoms. The normalized spacial score (nSPS) is 18.7. The highest BCUT2D eigenvalue weighted by atomic mass is 32.1. The maximum absolute atomic E-state index is 12.7. The fourth-order valence-corrected chi connectivity index (χ4v) is 4.08. The predicted octanol–water partition coefficient (Wildman–Crippen LogP) is 4.94. The summed E-state index contributed by atoms with van der Waals surface area (Å²) in [5.74, 6) is 0.745. The highest BCUT2D eigenvalue weighted by Crippen LogP contribution is 2.33. The van der Waals surface area contributed by atoms with E-state index >= 15 is 0 Å². The third-order valence-electron chi connectivity index (χ3n) is 4.63. The van der Waals surface area contributed by atoms with Crippen LogP contribution in [0.1, 0.15) is 41.8 Å². The molecule has 1 aromatic carbocycles. The van der Waals surface area contributed by atoms with Crippen molar-refractivity contribution >= 4 is 11.3 Å². The fourth-order valence-electron chi connectivity index (χ4n) is 3.28. The smallest absolute Gasteiger partial charge is 0.338 e. The minimum atomic E-state index is -4.36. The van der Waals surface area contributed by atoms with Gasteiger partial charge in [0.2, 0.25) is 11.7 Å². The molecule has 142 valence electrons. The van der Waals surface area contributed by atoms with Gasteiger partial charge in [-0.15, -0.1) is 11.3 Å². The number of likely N-dealkylation sites (tertiary alicyclic amines) is 1. The lowest BCUT2D eigenvalue weighted by Gasteiger charge is -2.33. The van der Waals surface area contributed by atoms with Gasteiger partial charge in [-0.25, -0.2) is 4.98 Å². The summed E-state index contributed by atoms with van der Waals surface area (Å²) in [7, 11) is 0. The zero-order valence-electron chi connectivity index (χ0n) is 14.3. The Balaban J connectivity index is 1.49. The van der Waals surface area contributed by atoms with E-state index in [-0.39, 0.29) is 6.04 Å². The second kappa shape index (κ2) is 7.40. The molecule has 3 heterocycles. The van der Waals surface area contributed by atoms with Crippen molar-refractivity contribution in [1.82, 2.24) is 20.0 Å². The van der Waals surface area contributed by atoms with E-state index in [4.69, 9.17) is 4.52 Å². The van der Waals surface area contributed by atoms with Gasteiger partial charge in [0.15, 0.2) is 0 Å². The van der Waals surface area contributed by atoms with Crippen LogP contribution >= 0.6 is 11.3 Å². The summed E-state index contributed by atoms with van der Waals surface area (Å²) >= 11 is 1.64. The average molecular weight is 394 g/mol. The second-order valence-electron chi connectivity index (χ2n) is 6.44. The third kappa shape index (κ3) is 4.03. The lowest BCUT2D eigenvalue weighted by molar-refractivity contribution is -0.137. The van der Waals surface area contributed by atoms with Crippen molar-refractivity contribution in [2.75, 3.05) is 6.54 Å². The summed E-state index contributed by atoms with van der Waals surface area (Å²) in [6.07, 6.45) is 0.735. The van der Waals surface area contributed by atoms with Gasteiger partial charge in [0.1, 0.15) is 5.01 Å².